The Kier molecular flexibility index (Phi) is 7.05. The van der Waals surface area contributed by atoms with E-state index in [-0.39, 0.29) is 19.0 Å². The lowest BCUT2D eigenvalue weighted by Crippen LogP contribution is -2.52. The zero-order valence-electron chi connectivity index (χ0n) is 11.3. The molecule has 20 heavy (non-hydrogen) atoms. The summed E-state index contributed by atoms with van der Waals surface area (Å²) in [4.78, 5) is 45.2. The number of carbonyl (C=O) groups is 4. The van der Waals surface area contributed by atoms with Crippen LogP contribution in [-0.2, 0) is 14.4 Å². The molecule has 1 unspecified atom stereocenters. The second kappa shape index (κ2) is 7.97. The van der Waals surface area contributed by atoms with Crippen LogP contribution in [-0.4, -0.2) is 57.6 Å². The van der Waals surface area contributed by atoms with Crippen molar-refractivity contribution in [2.45, 2.75) is 38.8 Å². The molecule has 114 valence electrons. The van der Waals surface area contributed by atoms with E-state index in [1.807, 2.05) is 0 Å². The van der Waals surface area contributed by atoms with Crippen molar-refractivity contribution in [3.63, 3.8) is 0 Å². The van der Waals surface area contributed by atoms with Crippen LogP contribution in [0.5, 0.6) is 0 Å². The average molecular weight is 289 g/mol. The second-order valence-electron chi connectivity index (χ2n) is 4.46. The number of carboxylic acids is 2. The number of nitrogens with two attached hydrogens (primary N) is 1. The van der Waals surface area contributed by atoms with E-state index in [4.69, 9.17) is 15.9 Å². The molecule has 0 fully saturated rings. The molecule has 0 aliphatic heterocycles. The van der Waals surface area contributed by atoms with Crippen LogP contribution >= 0.6 is 0 Å². The van der Waals surface area contributed by atoms with Gasteiger partial charge in [0, 0.05) is 12.5 Å². The van der Waals surface area contributed by atoms with Crippen LogP contribution < -0.4 is 11.1 Å². The van der Waals surface area contributed by atoms with Crippen molar-refractivity contribution in [1.29, 1.82) is 0 Å². The normalized spacial score (nSPS) is 11.8. The van der Waals surface area contributed by atoms with E-state index < -0.39 is 36.3 Å². The predicted molar refractivity (Wildman–Crippen MR) is 67.9 cm³/mol. The zero-order chi connectivity index (χ0) is 15.9. The van der Waals surface area contributed by atoms with Gasteiger partial charge in [0.15, 0.2) is 0 Å². The number of amides is 3. The lowest BCUT2D eigenvalue weighted by molar-refractivity contribution is -0.140. The van der Waals surface area contributed by atoms with Gasteiger partial charge < -0.3 is 26.2 Å². The number of rotatable bonds is 8. The van der Waals surface area contributed by atoms with Crippen molar-refractivity contribution < 1.29 is 29.4 Å². The van der Waals surface area contributed by atoms with E-state index in [1.165, 1.54) is 0 Å². The Morgan fingerprint density at radius 1 is 1.20 bits per heavy atom. The maximum atomic E-state index is 11.9. The molecule has 0 heterocycles. The summed E-state index contributed by atoms with van der Waals surface area (Å²) in [6.07, 6.45) is -0.645. The largest absolute Gasteiger partial charge is 0.481 e. The maximum Gasteiger partial charge on any atom is 0.326 e. The number of aliphatic carboxylic acids is 2. The molecule has 0 rings (SSSR count). The van der Waals surface area contributed by atoms with Gasteiger partial charge in [-0.15, -0.1) is 0 Å². The highest BCUT2D eigenvalue weighted by atomic mass is 16.4. The van der Waals surface area contributed by atoms with E-state index in [0.29, 0.717) is 0 Å². The van der Waals surface area contributed by atoms with Crippen LogP contribution in [0.2, 0.25) is 0 Å². The molecule has 0 aromatic heterocycles. The minimum Gasteiger partial charge on any atom is -0.481 e. The van der Waals surface area contributed by atoms with Gasteiger partial charge in [0.2, 0.25) is 5.91 Å². The van der Waals surface area contributed by atoms with Crippen LogP contribution in [0, 0.1) is 0 Å². The molecule has 1 atom stereocenters. The molecule has 0 aliphatic rings. The van der Waals surface area contributed by atoms with Gasteiger partial charge in [-0.1, -0.05) is 0 Å². The molecule has 0 spiro atoms. The zero-order valence-corrected chi connectivity index (χ0v) is 11.3. The highest BCUT2D eigenvalue weighted by Gasteiger charge is 2.25. The van der Waals surface area contributed by atoms with Gasteiger partial charge in [-0.3, -0.25) is 9.59 Å². The summed E-state index contributed by atoms with van der Waals surface area (Å²) < 4.78 is 0. The Labute approximate surface area is 115 Å². The number of carboxylic acid groups (broad SMARTS) is 2. The summed E-state index contributed by atoms with van der Waals surface area (Å²) in [5, 5.41) is 19.6. The van der Waals surface area contributed by atoms with E-state index in [2.05, 4.69) is 5.32 Å². The first-order valence-corrected chi connectivity index (χ1v) is 5.95. The first kappa shape index (κ1) is 17.7. The highest BCUT2D eigenvalue weighted by Crippen LogP contribution is 2.03. The first-order chi connectivity index (χ1) is 9.15. The minimum absolute atomic E-state index is 0.251. The van der Waals surface area contributed by atoms with Gasteiger partial charge in [0.1, 0.15) is 12.6 Å². The molecule has 0 radical (unpaired) electrons. The van der Waals surface area contributed by atoms with Gasteiger partial charge in [-0.05, 0) is 20.3 Å². The minimum atomic E-state index is -1.35. The van der Waals surface area contributed by atoms with E-state index in [1.54, 1.807) is 13.8 Å². The molecule has 0 aliphatic carbocycles. The van der Waals surface area contributed by atoms with Crippen LogP contribution in [0.4, 0.5) is 4.79 Å². The molecule has 9 heteroatoms. The van der Waals surface area contributed by atoms with Gasteiger partial charge in [-0.25, -0.2) is 9.59 Å². The Bertz CT molecular complexity index is 396. The Morgan fingerprint density at radius 3 is 2.10 bits per heavy atom. The Balaban J connectivity index is 4.74. The monoisotopic (exact) mass is 289 g/mol. The fourth-order valence-electron chi connectivity index (χ4n) is 1.41. The maximum absolute atomic E-state index is 11.9. The van der Waals surface area contributed by atoms with Crippen LogP contribution in [0.1, 0.15) is 26.7 Å². The molecule has 0 bridgehead atoms. The Hall–Kier alpha value is -2.32. The molecule has 0 aromatic carbocycles. The number of urea groups is 1. The summed E-state index contributed by atoms with van der Waals surface area (Å²) in [7, 11) is 0. The van der Waals surface area contributed by atoms with Crippen LogP contribution in [0.15, 0.2) is 0 Å². The third kappa shape index (κ3) is 6.57. The highest BCUT2D eigenvalue weighted by molar-refractivity contribution is 5.86. The van der Waals surface area contributed by atoms with Gasteiger partial charge in [0.25, 0.3) is 0 Å². The lowest BCUT2D eigenvalue weighted by atomic mass is 10.1. The predicted octanol–water partition coefficient (Wildman–Crippen LogP) is -0.790. The standard InChI is InChI=1S/C11H19N3O6/c1-6(2)14(5-8(12)15)11(20)13-7(10(18)19)3-4-9(16)17/h6-7H,3-5H2,1-2H3,(H2,12,15)(H,13,20)(H,16,17)(H,18,19). The van der Waals surface area contributed by atoms with Crippen molar-refractivity contribution in [2.24, 2.45) is 5.73 Å². The molecule has 9 nitrogen and oxygen atoms in total. The Morgan fingerprint density at radius 2 is 1.75 bits per heavy atom. The van der Waals surface area contributed by atoms with E-state index in [9.17, 15) is 19.2 Å². The molecule has 5 N–H and O–H groups in total. The molecule has 0 saturated heterocycles. The quantitative estimate of drug-likeness (QED) is 0.460. The van der Waals surface area contributed by atoms with E-state index >= 15 is 0 Å². The summed E-state index contributed by atoms with van der Waals surface area (Å²) in [6, 6.07) is -2.49. The SMILES string of the molecule is CC(C)N(CC(N)=O)C(=O)NC(CCC(=O)O)C(=O)O. The number of nitrogens with zero attached hydrogens (tertiary/aromatic N) is 1. The smallest absolute Gasteiger partial charge is 0.326 e. The van der Waals surface area contributed by atoms with Gasteiger partial charge in [-0.2, -0.15) is 0 Å². The topological polar surface area (TPSA) is 150 Å². The van der Waals surface area contributed by atoms with Crippen molar-refractivity contribution in [1.82, 2.24) is 10.2 Å². The van der Waals surface area contributed by atoms with Crippen LogP contribution in [0.25, 0.3) is 0 Å². The fraction of sp³-hybridized carbons (Fsp3) is 0.636. The summed E-state index contributed by atoms with van der Waals surface area (Å²) in [5.74, 6) is -3.24. The number of nitrogens with one attached hydrogen (secondary N) is 1. The second-order valence-corrected chi connectivity index (χ2v) is 4.46. The van der Waals surface area contributed by atoms with E-state index in [0.717, 1.165) is 4.90 Å². The number of hydrogen-bond donors (Lipinski definition) is 4. The van der Waals surface area contributed by atoms with Crippen molar-refractivity contribution in [2.75, 3.05) is 6.54 Å². The molecular weight excluding hydrogens is 270 g/mol. The van der Waals surface area contributed by atoms with Crippen molar-refractivity contribution in [3.05, 3.63) is 0 Å². The molecule has 0 aromatic rings. The summed E-state index contributed by atoms with van der Waals surface area (Å²) >= 11 is 0. The third-order valence-electron chi connectivity index (χ3n) is 2.45. The molecule has 0 saturated carbocycles. The number of hydrogen-bond acceptors (Lipinski definition) is 4. The van der Waals surface area contributed by atoms with Crippen molar-refractivity contribution in [3.8, 4) is 0 Å². The van der Waals surface area contributed by atoms with Crippen LogP contribution in [0.3, 0.4) is 0 Å². The number of carbonyl (C=O) groups excluding carboxylic acids is 2. The fourth-order valence-corrected chi connectivity index (χ4v) is 1.41. The average Bonchev–Trinajstić information content (AvgIpc) is 2.29. The first-order valence-electron chi connectivity index (χ1n) is 5.95. The summed E-state index contributed by atoms with van der Waals surface area (Å²) in [5.41, 5.74) is 5.00. The number of primary amides is 1. The van der Waals surface area contributed by atoms with Gasteiger partial charge in [0.05, 0.1) is 0 Å². The lowest BCUT2D eigenvalue weighted by Gasteiger charge is -2.27. The molecule has 3 amide bonds. The third-order valence-corrected chi connectivity index (χ3v) is 2.45. The van der Waals surface area contributed by atoms with Crippen molar-refractivity contribution >= 4 is 23.9 Å². The molecular formula is C11H19N3O6. The van der Waals surface area contributed by atoms with Gasteiger partial charge >= 0.3 is 18.0 Å². The summed E-state index contributed by atoms with van der Waals surface area (Å²) in [6.45, 7) is 2.92.